The van der Waals surface area contributed by atoms with Gasteiger partial charge in [0.15, 0.2) is 5.84 Å². The molecule has 1 saturated heterocycles. The van der Waals surface area contributed by atoms with Crippen molar-refractivity contribution in [3.63, 3.8) is 0 Å². The van der Waals surface area contributed by atoms with E-state index in [2.05, 4.69) is 17.0 Å². The van der Waals surface area contributed by atoms with E-state index in [1.54, 1.807) is 6.07 Å². The number of nitrogens with zero attached hydrogens (tertiary/aromatic N) is 2. The molecule has 0 bridgehead atoms. The Morgan fingerprint density at radius 1 is 1.42 bits per heavy atom. The average molecular weight is 265 g/mol. The van der Waals surface area contributed by atoms with Gasteiger partial charge in [-0.05, 0) is 37.3 Å². The van der Waals surface area contributed by atoms with Gasteiger partial charge in [-0.25, -0.2) is 4.39 Å². The molecule has 0 aromatic heterocycles. The second-order valence-electron chi connectivity index (χ2n) is 5.14. The van der Waals surface area contributed by atoms with Crippen molar-refractivity contribution in [1.82, 2.24) is 0 Å². The predicted molar refractivity (Wildman–Crippen MR) is 74.1 cm³/mol. The van der Waals surface area contributed by atoms with E-state index in [0.29, 0.717) is 11.6 Å². The fourth-order valence-electron chi connectivity index (χ4n) is 2.58. The van der Waals surface area contributed by atoms with Crippen molar-refractivity contribution < 1.29 is 9.60 Å². The third kappa shape index (κ3) is 2.97. The highest BCUT2D eigenvalue weighted by atomic mass is 19.1. The van der Waals surface area contributed by atoms with Gasteiger partial charge in [-0.3, -0.25) is 0 Å². The molecule has 0 saturated carbocycles. The molecule has 0 radical (unpaired) electrons. The smallest absolute Gasteiger partial charge is 0.175 e. The molecule has 2 rings (SSSR count). The highest BCUT2D eigenvalue weighted by Gasteiger charge is 2.20. The number of benzene rings is 1. The summed E-state index contributed by atoms with van der Waals surface area (Å²) in [4.78, 5) is 2.12. The van der Waals surface area contributed by atoms with Crippen LogP contribution in [-0.4, -0.2) is 24.1 Å². The molecule has 4 nitrogen and oxygen atoms in total. The fourth-order valence-corrected chi connectivity index (χ4v) is 2.58. The van der Waals surface area contributed by atoms with E-state index in [4.69, 9.17) is 10.9 Å². The Bertz CT molecular complexity index is 476. The van der Waals surface area contributed by atoms with Crippen molar-refractivity contribution >= 4 is 11.5 Å². The Balaban J connectivity index is 2.36. The Morgan fingerprint density at radius 3 is 2.95 bits per heavy atom. The van der Waals surface area contributed by atoms with Crippen LogP contribution in [0, 0.1) is 11.7 Å². The van der Waals surface area contributed by atoms with E-state index in [1.165, 1.54) is 12.5 Å². The van der Waals surface area contributed by atoms with Gasteiger partial charge < -0.3 is 15.8 Å². The zero-order valence-electron chi connectivity index (χ0n) is 11.1. The van der Waals surface area contributed by atoms with Gasteiger partial charge in [-0.1, -0.05) is 18.1 Å². The van der Waals surface area contributed by atoms with Crippen LogP contribution < -0.4 is 10.6 Å². The van der Waals surface area contributed by atoms with Crippen LogP contribution >= 0.6 is 0 Å². The van der Waals surface area contributed by atoms with Gasteiger partial charge in [0.05, 0.1) is 11.3 Å². The molecular formula is C14H20FN3O. The first-order valence-electron chi connectivity index (χ1n) is 6.65. The van der Waals surface area contributed by atoms with Crippen molar-refractivity contribution in [3.8, 4) is 0 Å². The lowest BCUT2D eigenvalue weighted by Crippen LogP contribution is -2.28. The SMILES string of the molecule is CC1CCCN(c2cccc(F)c2C(N)=NO)CC1. The minimum absolute atomic E-state index is 0.176. The zero-order chi connectivity index (χ0) is 13.8. The molecule has 1 atom stereocenters. The summed E-state index contributed by atoms with van der Waals surface area (Å²) in [5.74, 6) is 0.0568. The molecule has 0 aliphatic carbocycles. The van der Waals surface area contributed by atoms with Crippen LogP contribution in [0.4, 0.5) is 10.1 Å². The number of hydrogen-bond acceptors (Lipinski definition) is 3. The predicted octanol–water partition coefficient (Wildman–Crippen LogP) is 2.55. The topological polar surface area (TPSA) is 61.8 Å². The molecule has 1 aliphatic heterocycles. The molecule has 0 spiro atoms. The molecule has 5 heteroatoms. The Morgan fingerprint density at radius 2 is 2.21 bits per heavy atom. The summed E-state index contributed by atoms with van der Waals surface area (Å²) in [7, 11) is 0. The first-order chi connectivity index (χ1) is 9.13. The molecule has 3 N–H and O–H groups in total. The van der Waals surface area contributed by atoms with Crippen LogP contribution in [0.2, 0.25) is 0 Å². The zero-order valence-corrected chi connectivity index (χ0v) is 11.1. The Kier molecular flexibility index (Phi) is 4.24. The minimum atomic E-state index is -0.454. The van der Waals surface area contributed by atoms with Gasteiger partial charge in [0, 0.05) is 13.1 Å². The van der Waals surface area contributed by atoms with Crippen LogP contribution in [0.1, 0.15) is 31.7 Å². The van der Waals surface area contributed by atoms with Crippen molar-refractivity contribution in [2.24, 2.45) is 16.8 Å². The van der Waals surface area contributed by atoms with Gasteiger partial charge in [0.1, 0.15) is 5.82 Å². The van der Waals surface area contributed by atoms with E-state index in [1.807, 2.05) is 6.07 Å². The summed E-state index contributed by atoms with van der Waals surface area (Å²) in [6.45, 7) is 3.98. The van der Waals surface area contributed by atoms with E-state index in [0.717, 1.165) is 25.9 Å². The molecule has 1 fully saturated rings. The fraction of sp³-hybridized carbons (Fsp3) is 0.500. The Hall–Kier alpha value is -1.78. The highest BCUT2D eigenvalue weighted by molar-refractivity contribution is 6.02. The molecular weight excluding hydrogens is 245 g/mol. The maximum atomic E-state index is 13.9. The number of nitrogens with two attached hydrogens (primary N) is 1. The second-order valence-corrected chi connectivity index (χ2v) is 5.14. The largest absolute Gasteiger partial charge is 0.409 e. The van der Waals surface area contributed by atoms with E-state index < -0.39 is 5.82 Å². The van der Waals surface area contributed by atoms with Crippen LogP contribution in [-0.2, 0) is 0 Å². The van der Waals surface area contributed by atoms with Crippen molar-refractivity contribution in [2.45, 2.75) is 26.2 Å². The minimum Gasteiger partial charge on any atom is -0.409 e. The third-order valence-electron chi connectivity index (χ3n) is 3.71. The van der Waals surface area contributed by atoms with E-state index >= 15 is 0 Å². The Labute approximate surface area is 112 Å². The van der Waals surface area contributed by atoms with Gasteiger partial charge in [-0.15, -0.1) is 0 Å². The number of anilines is 1. The molecule has 19 heavy (non-hydrogen) atoms. The summed E-state index contributed by atoms with van der Waals surface area (Å²) in [5, 5.41) is 11.8. The molecule has 1 aromatic rings. The summed E-state index contributed by atoms with van der Waals surface area (Å²) in [6, 6.07) is 4.82. The number of hydrogen-bond donors (Lipinski definition) is 2. The number of amidine groups is 1. The summed E-state index contributed by atoms with van der Waals surface area (Å²) < 4.78 is 13.9. The van der Waals surface area contributed by atoms with Crippen molar-refractivity contribution in [2.75, 3.05) is 18.0 Å². The van der Waals surface area contributed by atoms with Crippen LogP contribution in [0.25, 0.3) is 0 Å². The monoisotopic (exact) mass is 265 g/mol. The molecule has 1 aliphatic rings. The molecule has 104 valence electrons. The van der Waals surface area contributed by atoms with Crippen LogP contribution in [0.5, 0.6) is 0 Å². The van der Waals surface area contributed by atoms with Gasteiger partial charge in [0.25, 0.3) is 0 Å². The van der Waals surface area contributed by atoms with Crippen LogP contribution in [0.15, 0.2) is 23.4 Å². The van der Waals surface area contributed by atoms with Gasteiger partial charge >= 0.3 is 0 Å². The van der Waals surface area contributed by atoms with Crippen molar-refractivity contribution in [3.05, 3.63) is 29.6 Å². The molecule has 0 amide bonds. The average Bonchev–Trinajstić information content (AvgIpc) is 2.62. The van der Waals surface area contributed by atoms with Gasteiger partial charge in [0.2, 0.25) is 0 Å². The van der Waals surface area contributed by atoms with Crippen LogP contribution in [0.3, 0.4) is 0 Å². The maximum absolute atomic E-state index is 13.9. The van der Waals surface area contributed by atoms with Gasteiger partial charge in [-0.2, -0.15) is 0 Å². The van der Waals surface area contributed by atoms with E-state index in [-0.39, 0.29) is 11.4 Å². The number of rotatable bonds is 2. The van der Waals surface area contributed by atoms with Crippen molar-refractivity contribution in [1.29, 1.82) is 0 Å². The lowest BCUT2D eigenvalue weighted by atomic mass is 10.0. The second kappa shape index (κ2) is 5.91. The lowest BCUT2D eigenvalue weighted by molar-refractivity contribution is 0.318. The lowest BCUT2D eigenvalue weighted by Gasteiger charge is -2.25. The first kappa shape index (κ1) is 13.6. The quantitative estimate of drug-likeness (QED) is 0.374. The summed E-state index contributed by atoms with van der Waals surface area (Å²) >= 11 is 0. The number of oxime groups is 1. The normalized spacial score (nSPS) is 21.3. The molecule has 1 unspecified atom stereocenters. The standard InChI is InChI=1S/C14H20FN3O/c1-10-4-3-8-18(9-7-10)12-6-2-5-11(15)13(12)14(16)17-19/h2,5-6,10,19H,3-4,7-9H2,1H3,(H2,16,17). The third-order valence-corrected chi connectivity index (χ3v) is 3.71. The maximum Gasteiger partial charge on any atom is 0.175 e. The molecule has 1 heterocycles. The highest BCUT2D eigenvalue weighted by Crippen LogP contribution is 2.27. The van der Waals surface area contributed by atoms with E-state index in [9.17, 15) is 4.39 Å². The first-order valence-corrected chi connectivity index (χ1v) is 6.65. The summed E-state index contributed by atoms with van der Waals surface area (Å²) in [5.41, 5.74) is 6.51. The summed E-state index contributed by atoms with van der Waals surface area (Å²) in [6.07, 6.45) is 3.34. The number of halogens is 1. The molecule has 1 aromatic carbocycles.